The Morgan fingerprint density at radius 1 is 1.30 bits per heavy atom. The van der Waals surface area contributed by atoms with Gasteiger partial charge in [0.25, 0.3) is 0 Å². The third-order valence-electron chi connectivity index (χ3n) is 4.61. The summed E-state index contributed by atoms with van der Waals surface area (Å²) in [5, 5.41) is 7.25. The Balaban J connectivity index is 1.43. The number of hydrogen-bond donors (Lipinski definition) is 1. The highest BCUT2D eigenvalue weighted by Gasteiger charge is 2.23. The van der Waals surface area contributed by atoms with Crippen molar-refractivity contribution < 1.29 is 13.9 Å². The highest BCUT2D eigenvalue weighted by atomic mass is 19.1. The van der Waals surface area contributed by atoms with E-state index in [9.17, 15) is 9.18 Å². The van der Waals surface area contributed by atoms with Gasteiger partial charge in [-0.2, -0.15) is 5.10 Å². The summed E-state index contributed by atoms with van der Waals surface area (Å²) in [4.78, 5) is 12.4. The average Bonchev–Trinajstić information content (AvgIpc) is 3.05. The standard InChI is InChI=1S/C21H20FN3O2/c1-14-5-6-19-18(9-14)21-16(13-27-19)11-24-25(21)12-20(26)23-8-7-15-3-2-4-17(22)10-15/h2-6,9-11H,7-8,12-13H2,1H3,(H,23,26). The van der Waals surface area contributed by atoms with Gasteiger partial charge in [0.15, 0.2) is 0 Å². The number of carbonyl (C=O) groups excluding carboxylic acids is 1. The lowest BCUT2D eigenvalue weighted by Gasteiger charge is -2.19. The lowest BCUT2D eigenvalue weighted by Crippen LogP contribution is -2.30. The molecule has 1 aromatic heterocycles. The molecular formula is C21H20FN3O2. The molecule has 0 aliphatic carbocycles. The molecule has 0 fully saturated rings. The smallest absolute Gasteiger partial charge is 0.241 e. The van der Waals surface area contributed by atoms with E-state index in [0.29, 0.717) is 19.6 Å². The van der Waals surface area contributed by atoms with Crippen LogP contribution in [-0.2, 0) is 24.4 Å². The van der Waals surface area contributed by atoms with E-state index in [2.05, 4.69) is 10.4 Å². The number of nitrogens with zero attached hydrogens (tertiary/aromatic N) is 2. The fourth-order valence-electron chi connectivity index (χ4n) is 3.30. The third-order valence-corrected chi connectivity index (χ3v) is 4.61. The summed E-state index contributed by atoms with van der Waals surface area (Å²) >= 11 is 0. The summed E-state index contributed by atoms with van der Waals surface area (Å²) in [6.07, 6.45) is 2.33. The number of ether oxygens (including phenoxy) is 1. The van der Waals surface area contributed by atoms with Crippen molar-refractivity contribution in [2.75, 3.05) is 6.54 Å². The molecule has 1 amide bonds. The molecule has 5 nitrogen and oxygen atoms in total. The van der Waals surface area contributed by atoms with Crippen LogP contribution in [0.25, 0.3) is 11.3 Å². The molecule has 138 valence electrons. The van der Waals surface area contributed by atoms with Gasteiger partial charge < -0.3 is 10.1 Å². The van der Waals surface area contributed by atoms with Crippen molar-refractivity contribution in [2.24, 2.45) is 0 Å². The second-order valence-corrected chi connectivity index (χ2v) is 6.69. The highest BCUT2D eigenvalue weighted by molar-refractivity contribution is 5.78. The maximum Gasteiger partial charge on any atom is 0.241 e. The van der Waals surface area contributed by atoms with E-state index in [-0.39, 0.29) is 18.3 Å². The predicted molar refractivity (Wildman–Crippen MR) is 99.8 cm³/mol. The molecule has 2 aromatic carbocycles. The summed E-state index contributed by atoms with van der Waals surface area (Å²) in [7, 11) is 0. The van der Waals surface area contributed by atoms with E-state index in [4.69, 9.17) is 4.74 Å². The molecule has 1 N–H and O–H groups in total. The number of halogens is 1. The first kappa shape index (κ1) is 17.3. The summed E-state index contributed by atoms with van der Waals surface area (Å²) in [5.74, 6) is 0.414. The zero-order valence-corrected chi connectivity index (χ0v) is 15.0. The van der Waals surface area contributed by atoms with E-state index in [1.807, 2.05) is 31.2 Å². The van der Waals surface area contributed by atoms with Crippen LogP contribution in [0, 0.1) is 12.7 Å². The second kappa shape index (κ2) is 7.23. The van der Waals surface area contributed by atoms with Gasteiger partial charge in [0.1, 0.15) is 24.7 Å². The van der Waals surface area contributed by atoms with Crippen molar-refractivity contribution in [1.82, 2.24) is 15.1 Å². The van der Waals surface area contributed by atoms with Crippen LogP contribution >= 0.6 is 0 Å². The van der Waals surface area contributed by atoms with Crippen LogP contribution < -0.4 is 10.1 Å². The van der Waals surface area contributed by atoms with Gasteiger partial charge in [-0.15, -0.1) is 0 Å². The molecule has 6 heteroatoms. The first-order chi connectivity index (χ1) is 13.1. The van der Waals surface area contributed by atoms with Crippen molar-refractivity contribution in [3.05, 3.63) is 71.2 Å². The fourth-order valence-corrected chi connectivity index (χ4v) is 3.30. The van der Waals surface area contributed by atoms with Gasteiger partial charge in [-0.3, -0.25) is 9.48 Å². The lowest BCUT2D eigenvalue weighted by molar-refractivity contribution is -0.121. The lowest BCUT2D eigenvalue weighted by atomic mass is 10.0. The van der Waals surface area contributed by atoms with Crippen LogP contribution in [0.15, 0.2) is 48.7 Å². The van der Waals surface area contributed by atoms with Crippen molar-refractivity contribution in [3.63, 3.8) is 0 Å². The molecule has 1 aliphatic rings. The third kappa shape index (κ3) is 3.69. The minimum atomic E-state index is -0.266. The Kier molecular flexibility index (Phi) is 4.62. The molecular weight excluding hydrogens is 345 g/mol. The number of fused-ring (bicyclic) bond motifs is 3. The minimum absolute atomic E-state index is 0.127. The monoisotopic (exact) mass is 365 g/mol. The van der Waals surface area contributed by atoms with E-state index in [0.717, 1.165) is 33.7 Å². The Morgan fingerprint density at radius 2 is 2.19 bits per heavy atom. The van der Waals surface area contributed by atoms with Crippen LogP contribution in [0.1, 0.15) is 16.7 Å². The average molecular weight is 365 g/mol. The largest absolute Gasteiger partial charge is 0.488 e. The Morgan fingerprint density at radius 3 is 3.04 bits per heavy atom. The minimum Gasteiger partial charge on any atom is -0.488 e. The summed E-state index contributed by atoms with van der Waals surface area (Å²) in [6.45, 7) is 3.05. The molecule has 1 aliphatic heterocycles. The molecule has 2 heterocycles. The topological polar surface area (TPSA) is 56.2 Å². The van der Waals surface area contributed by atoms with Gasteiger partial charge >= 0.3 is 0 Å². The van der Waals surface area contributed by atoms with Crippen molar-refractivity contribution in [1.29, 1.82) is 0 Å². The Bertz CT molecular complexity index is 997. The van der Waals surface area contributed by atoms with Gasteiger partial charge in [-0.1, -0.05) is 23.8 Å². The Labute approximate surface area is 156 Å². The van der Waals surface area contributed by atoms with E-state index in [1.54, 1.807) is 16.9 Å². The maximum atomic E-state index is 13.2. The van der Waals surface area contributed by atoms with Crippen LogP contribution in [0.5, 0.6) is 5.75 Å². The molecule has 0 bridgehead atoms. The molecule has 0 radical (unpaired) electrons. The van der Waals surface area contributed by atoms with Crippen molar-refractivity contribution in [2.45, 2.75) is 26.5 Å². The highest BCUT2D eigenvalue weighted by Crippen LogP contribution is 2.37. The quantitative estimate of drug-likeness (QED) is 0.755. The van der Waals surface area contributed by atoms with Gasteiger partial charge in [-0.25, -0.2) is 4.39 Å². The molecule has 0 saturated carbocycles. The molecule has 0 atom stereocenters. The van der Waals surface area contributed by atoms with Gasteiger partial charge in [0, 0.05) is 17.7 Å². The van der Waals surface area contributed by atoms with Gasteiger partial charge in [0.05, 0.1) is 11.9 Å². The number of carbonyl (C=O) groups is 1. The van der Waals surface area contributed by atoms with Crippen molar-refractivity contribution in [3.8, 4) is 17.0 Å². The zero-order valence-electron chi connectivity index (χ0n) is 15.0. The molecule has 27 heavy (non-hydrogen) atoms. The SMILES string of the molecule is Cc1ccc2c(c1)-c1c(cnn1CC(=O)NCCc1cccc(F)c1)CO2. The number of hydrogen-bond acceptors (Lipinski definition) is 3. The van der Waals surface area contributed by atoms with Crippen LogP contribution in [0.2, 0.25) is 0 Å². The summed E-state index contributed by atoms with van der Waals surface area (Å²) < 4.78 is 20.7. The van der Waals surface area contributed by atoms with E-state index in [1.165, 1.54) is 12.1 Å². The first-order valence-corrected chi connectivity index (χ1v) is 8.90. The summed E-state index contributed by atoms with van der Waals surface area (Å²) in [6, 6.07) is 12.4. The molecule has 4 rings (SSSR count). The number of benzene rings is 2. The van der Waals surface area contributed by atoms with E-state index >= 15 is 0 Å². The first-order valence-electron chi connectivity index (χ1n) is 8.90. The zero-order chi connectivity index (χ0) is 18.8. The van der Waals surface area contributed by atoms with Crippen LogP contribution in [-0.4, -0.2) is 22.2 Å². The number of nitrogens with one attached hydrogen (secondary N) is 1. The van der Waals surface area contributed by atoms with Gasteiger partial charge in [0.2, 0.25) is 5.91 Å². The molecule has 0 spiro atoms. The van der Waals surface area contributed by atoms with Crippen molar-refractivity contribution >= 4 is 5.91 Å². The fraction of sp³-hybridized carbons (Fsp3) is 0.238. The van der Waals surface area contributed by atoms with Gasteiger partial charge in [-0.05, 0) is 43.2 Å². The molecule has 0 unspecified atom stereocenters. The number of aromatic nitrogens is 2. The molecule has 3 aromatic rings. The van der Waals surface area contributed by atoms with Crippen LogP contribution in [0.4, 0.5) is 4.39 Å². The summed E-state index contributed by atoms with van der Waals surface area (Å²) in [5.41, 5.74) is 4.84. The number of amides is 1. The maximum absolute atomic E-state index is 13.2. The van der Waals surface area contributed by atoms with Crippen LogP contribution in [0.3, 0.4) is 0 Å². The molecule has 0 saturated heterocycles. The van der Waals surface area contributed by atoms with E-state index < -0.39 is 0 Å². The second-order valence-electron chi connectivity index (χ2n) is 6.69. The normalized spacial score (nSPS) is 12.1. The number of aryl methyl sites for hydroxylation is 1. The Hall–Kier alpha value is -3.15. The number of rotatable bonds is 5. The predicted octanol–water partition coefficient (Wildman–Crippen LogP) is 3.25.